The van der Waals surface area contributed by atoms with Gasteiger partial charge in [0.2, 0.25) is 6.17 Å². The molecule has 0 N–H and O–H groups in total. The highest BCUT2D eigenvalue weighted by Gasteiger charge is 2.24. The summed E-state index contributed by atoms with van der Waals surface area (Å²) >= 11 is 0. The van der Waals surface area contributed by atoms with E-state index in [4.69, 9.17) is 4.74 Å². The average Bonchev–Trinajstić information content (AvgIpc) is 2.32. The molecule has 1 rings (SSSR count). The molecule has 0 fully saturated rings. The van der Waals surface area contributed by atoms with Crippen LogP contribution in [0.5, 0.6) is 0 Å². The number of aliphatic imine (C=N–C) groups is 2. The van der Waals surface area contributed by atoms with Crippen LogP contribution < -0.4 is 0 Å². The number of hydrogen-bond acceptors (Lipinski definition) is 4. The third-order valence-electron chi connectivity index (χ3n) is 1.14. The van der Waals surface area contributed by atoms with Gasteiger partial charge in [0.25, 0.3) is 0 Å². The molecule has 0 aromatic rings. The van der Waals surface area contributed by atoms with Crippen molar-refractivity contribution in [3.05, 3.63) is 0 Å². The minimum atomic E-state index is -0.677. The Balaban J connectivity index is 2.49. The zero-order chi connectivity index (χ0) is 9.19. The van der Waals surface area contributed by atoms with E-state index in [0.29, 0.717) is 0 Å². The molecule has 0 unspecified atom stereocenters. The van der Waals surface area contributed by atoms with Gasteiger partial charge in [-0.1, -0.05) is 0 Å². The van der Waals surface area contributed by atoms with E-state index >= 15 is 0 Å². The highest BCUT2D eigenvalue weighted by atomic mass is 16.6. The van der Waals surface area contributed by atoms with Crippen molar-refractivity contribution in [2.24, 2.45) is 9.98 Å². The molecule has 0 aliphatic carbocycles. The van der Waals surface area contributed by atoms with Crippen molar-refractivity contribution < 1.29 is 9.53 Å². The van der Waals surface area contributed by atoms with Crippen LogP contribution in [0.2, 0.25) is 0 Å². The molecule has 1 aliphatic rings. The Bertz CT molecular complexity index is 226. The van der Waals surface area contributed by atoms with Gasteiger partial charge in [0.05, 0.1) is 0 Å². The zero-order valence-electron chi connectivity index (χ0n) is 7.44. The smallest absolute Gasteiger partial charge is 0.354 e. The van der Waals surface area contributed by atoms with E-state index in [2.05, 4.69) is 9.98 Å². The Labute approximate surface area is 71.4 Å². The van der Waals surface area contributed by atoms with Crippen molar-refractivity contribution in [2.45, 2.75) is 32.5 Å². The molecule has 66 valence electrons. The summed E-state index contributed by atoms with van der Waals surface area (Å²) in [5.74, 6) is -0.396. The van der Waals surface area contributed by atoms with Gasteiger partial charge in [-0.2, -0.15) is 0 Å². The van der Waals surface area contributed by atoms with Gasteiger partial charge < -0.3 is 4.74 Å². The van der Waals surface area contributed by atoms with Crippen LogP contribution in [-0.4, -0.2) is 30.2 Å². The summed E-state index contributed by atoms with van der Waals surface area (Å²) in [6.07, 6.45) is 2.31. The zero-order valence-corrected chi connectivity index (χ0v) is 7.44. The van der Waals surface area contributed by atoms with Crippen molar-refractivity contribution in [2.75, 3.05) is 0 Å². The lowest BCUT2D eigenvalue weighted by atomic mass is 10.2. The number of nitrogens with zero attached hydrogens (tertiary/aromatic N) is 2. The van der Waals surface area contributed by atoms with Crippen molar-refractivity contribution >= 4 is 18.4 Å². The van der Waals surface area contributed by atoms with E-state index in [1.807, 2.05) is 20.8 Å². The highest BCUT2D eigenvalue weighted by molar-refractivity contribution is 6.18. The minimum Gasteiger partial charge on any atom is -0.457 e. The molecule has 0 saturated carbocycles. The maximum Gasteiger partial charge on any atom is 0.354 e. The third-order valence-corrected chi connectivity index (χ3v) is 1.14. The second-order valence-corrected chi connectivity index (χ2v) is 3.50. The van der Waals surface area contributed by atoms with E-state index < -0.39 is 17.7 Å². The Morgan fingerprint density at radius 2 is 1.83 bits per heavy atom. The summed E-state index contributed by atoms with van der Waals surface area (Å²) in [4.78, 5) is 18.8. The summed E-state index contributed by atoms with van der Waals surface area (Å²) in [6, 6.07) is 0. The predicted molar refractivity (Wildman–Crippen MR) is 46.6 cm³/mol. The van der Waals surface area contributed by atoms with Crippen molar-refractivity contribution in [3.63, 3.8) is 0 Å². The Morgan fingerprint density at radius 3 is 2.25 bits per heavy atom. The molecule has 0 atom stereocenters. The fourth-order valence-electron chi connectivity index (χ4n) is 0.755. The number of carbonyl (C=O) groups is 1. The fourth-order valence-corrected chi connectivity index (χ4v) is 0.755. The first-order valence-corrected chi connectivity index (χ1v) is 3.77. The molecule has 0 aromatic heterocycles. The van der Waals surface area contributed by atoms with Crippen LogP contribution in [-0.2, 0) is 9.53 Å². The van der Waals surface area contributed by atoms with E-state index in [9.17, 15) is 4.79 Å². The van der Waals surface area contributed by atoms with Gasteiger partial charge in [0.15, 0.2) is 0 Å². The van der Waals surface area contributed by atoms with Crippen LogP contribution in [0.3, 0.4) is 0 Å². The van der Waals surface area contributed by atoms with Crippen LogP contribution in [0.4, 0.5) is 0 Å². The first-order valence-electron chi connectivity index (χ1n) is 3.77. The van der Waals surface area contributed by atoms with E-state index in [1.54, 1.807) is 0 Å². The number of rotatable bonds is 1. The van der Waals surface area contributed by atoms with E-state index in [1.165, 1.54) is 12.4 Å². The molecular weight excluding hydrogens is 156 g/mol. The quantitative estimate of drug-likeness (QED) is 0.544. The molecule has 1 heterocycles. The Hall–Kier alpha value is -1.19. The van der Waals surface area contributed by atoms with E-state index in [0.717, 1.165) is 0 Å². The number of ether oxygens (including phenoxy) is 1. The third kappa shape index (κ3) is 2.45. The number of hydrogen-bond donors (Lipinski definition) is 0. The summed E-state index contributed by atoms with van der Waals surface area (Å²) in [6.45, 7) is 5.44. The standard InChI is InChI=1S/C8H12N2O2/c1-8(2,3)12-7(11)6-9-4-5-10-6/h4-6H,1-3H3. The van der Waals surface area contributed by atoms with Crippen LogP contribution >= 0.6 is 0 Å². The molecule has 0 spiro atoms. The van der Waals surface area contributed by atoms with Crippen LogP contribution in [0.1, 0.15) is 20.8 Å². The van der Waals surface area contributed by atoms with E-state index in [-0.39, 0.29) is 0 Å². The minimum absolute atomic E-state index is 0.396. The van der Waals surface area contributed by atoms with Gasteiger partial charge in [-0.15, -0.1) is 0 Å². The van der Waals surface area contributed by atoms with Gasteiger partial charge in [-0.25, -0.2) is 4.79 Å². The van der Waals surface area contributed by atoms with Crippen LogP contribution in [0.15, 0.2) is 9.98 Å². The van der Waals surface area contributed by atoms with Gasteiger partial charge in [-0.05, 0) is 20.8 Å². The summed E-state index contributed by atoms with van der Waals surface area (Å²) in [7, 11) is 0. The molecule has 0 radical (unpaired) electrons. The highest BCUT2D eigenvalue weighted by Crippen LogP contribution is 2.10. The largest absolute Gasteiger partial charge is 0.457 e. The van der Waals surface area contributed by atoms with Crippen molar-refractivity contribution in [1.82, 2.24) is 0 Å². The lowest BCUT2D eigenvalue weighted by Crippen LogP contribution is -2.29. The van der Waals surface area contributed by atoms with Crippen LogP contribution in [0.25, 0.3) is 0 Å². The maximum atomic E-state index is 11.2. The molecular formula is C8H12N2O2. The molecule has 4 heteroatoms. The van der Waals surface area contributed by atoms with Gasteiger partial charge >= 0.3 is 5.97 Å². The number of esters is 1. The monoisotopic (exact) mass is 168 g/mol. The average molecular weight is 168 g/mol. The molecule has 0 saturated heterocycles. The molecule has 0 amide bonds. The lowest BCUT2D eigenvalue weighted by Gasteiger charge is -2.20. The SMILES string of the molecule is CC(C)(C)OC(=O)C1N=CC=N1. The first kappa shape index (κ1) is 8.90. The summed E-state index contributed by atoms with van der Waals surface area (Å²) < 4.78 is 5.06. The van der Waals surface area contributed by atoms with Crippen molar-refractivity contribution in [1.29, 1.82) is 0 Å². The lowest BCUT2D eigenvalue weighted by molar-refractivity contribution is -0.156. The molecule has 0 aromatic carbocycles. The second kappa shape index (κ2) is 3.05. The van der Waals surface area contributed by atoms with Crippen LogP contribution in [0, 0.1) is 0 Å². The number of carbonyl (C=O) groups excluding carboxylic acids is 1. The fraction of sp³-hybridized carbons (Fsp3) is 0.625. The van der Waals surface area contributed by atoms with Crippen molar-refractivity contribution in [3.8, 4) is 0 Å². The summed E-state index contributed by atoms with van der Waals surface area (Å²) in [5, 5.41) is 0. The van der Waals surface area contributed by atoms with Gasteiger partial charge in [-0.3, -0.25) is 9.98 Å². The first-order chi connectivity index (χ1) is 5.49. The Kier molecular flexibility index (Phi) is 2.26. The second-order valence-electron chi connectivity index (χ2n) is 3.50. The van der Waals surface area contributed by atoms with Gasteiger partial charge in [0.1, 0.15) is 5.60 Å². The predicted octanol–water partition coefficient (Wildman–Crippen LogP) is 0.809. The maximum absolute atomic E-state index is 11.2. The molecule has 0 bridgehead atoms. The Morgan fingerprint density at radius 1 is 1.33 bits per heavy atom. The van der Waals surface area contributed by atoms with Gasteiger partial charge in [0, 0.05) is 12.4 Å². The molecule has 4 nitrogen and oxygen atoms in total. The molecule has 12 heavy (non-hydrogen) atoms. The normalized spacial score (nSPS) is 16.9. The molecule has 1 aliphatic heterocycles. The topological polar surface area (TPSA) is 51.0 Å². The summed E-state index contributed by atoms with van der Waals surface area (Å²) in [5.41, 5.74) is -0.468.